The minimum atomic E-state index is -0.748. The molecule has 0 atom stereocenters. The fourth-order valence-corrected chi connectivity index (χ4v) is 3.14. The van der Waals surface area contributed by atoms with Gasteiger partial charge in [-0.3, -0.25) is 9.59 Å². The lowest BCUT2D eigenvalue weighted by Crippen LogP contribution is -2.38. The number of hydrogen-bond donors (Lipinski definition) is 2. The van der Waals surface area contributed by atoms with Crippen LogP contribution >= 0.6 is 11.6 Å². The number of carboxylic acids is 1. The summed E-state index contributed by atoms with van der Waals surface area (Å²) in [5, 5.41) is 16.8. The van der Waals surface area contributed by atoms with Crippen molar-refractivity contribution in [2.24, 2.45) is 5.92 Å². The second kappa shape index (κ2) is 7.05. The number of carbonyl (C=O) groups is 2. The van der Waals surface area contributed by atoms with Crippen LogP contribution in [0.2, 0.25) is 5.02 Å². The zero-order chi connectivity index (χ0) is 17.1. The SMILES string of the molecule is O=C(NC1CCC(C(=O)O)CC1)c1cnn(-c2cccc(Cl)c2)c1. The van der Waals surface area contributed by atoms with Gasteiger partial charge in [0.25, 0.3) is 5.91 Å². The van der Waals surface area contributed by atoms with E-state index in [1.165, 1.54) is 6.20 Å². The molecule has 0 bridgehead atoms. The van der Waals surface area contributed by atoms with Gasteiger partial charge < -0.3 is 10.4 Å². The van der Waals surface area contributed by atoms with Crippen LogP contribution in [0.4, 0.5) is 0 Å². The molecule has 2 aromatic rings. The van der Waals surface area contributed by atoms with E-state index in [4.69, 9.17) is 16.7 Å². The molecule has 1 aromatic heterocycles. The molecule has 1 amide bonds. The molecule has 0 spiro atoms. The zero-order valence-electron chi connectivity index (χ0n) is 13.0. The van der Waals surface area contributed by atoms with Crippen LogP contribution in [-0.2, 0) is 4.79 Å². The van der Waals surface area contributed by atoms with E-state index in [1.54, 1.807) is 23.0 Å². The largest absolute Gasteiger partial charge is 0.481 e. The van der Waals surface area contributed by atoms with Crippen LogP contribution in [0.1, 0.15) is 36.0 Å². The Morgan fingerprint density at radius 2 is 2.00 bits per heavy atom. The standard InChI is InChI=1S/C17H18ClN3O3/c18-13-2-1-3-15(8-13)21-10-12(9-19-21)16(22)20-14-6-4-11(5-7-14)17(23)24/h1-3,8-11,14H,4-7H2,(H,20,22)(H,23,24). The molecule has 126 valence electrons. The minimum absolute atomic E-state index is 0.0163. The molecule has 1 heterocycles. The van der Waals surface area contributed by atoms with Crippen molar-refractivity contribution in [3.63, 3.8) is 0 Å². The third-order valence-electron chi connectivity index (χ3n) is 4.33. The van der Waals surface area contributed by atoms with Gasteiger partial charge in [0.2, 0.25) is 0 Å². The van der Waals surface area contributed by atoms with Crippen molar-refractivity contribution in [2.45, 2.75) is 31.7 Å². The number of carbonyl (C=O) groups excluding carboxylic acids is 1. The smallest absolute Gasteiger partial charge is 0.306 e. The third-order valence-corrected chi connectivity index (χ3v) is 4.56. The molecule has 1 fully saturated rings. The van der Waals surface area contributed by atoms with Gasteiger partial charge in [-0.05, 0) is 43.9 Å². The van der Waals surface area contributed by atoms with E-state index in [-0.39, 0.29) is 17.9 Å². The Morgan fingerprint density at radius 3 is 2.67 bits per heavy atom. The number of benzene rings is 1. The molecule has 1 aliphatic rings. The van der Waals surface area contributed by atoms with Gasteiger partial charge in [-0.1, -0.05) is 17.7 Å². The number of aromatic nitrogens is 2. The molecule has 3 rings (SSSR count). The molecule has 0 saturated heterocycles. The first-order valence-corrected chi connectivity index (χ1v) is 8.25. The van der Waals surface area contributed by atoms with Crippen LogP contribution < -0.4 is 5.32 Å². The predicted octanol–water partition coefficient (Wildman–Crippen LogP) is 2.90. The van der Waals surface area contributed by atoms with Gasteiger partial charge in [0, 0.05) is 17.3 Å². The molecule has 7 heteroatoms. The summed E-state index contributed by atoms with van der Waals surface area (Å²) in [4.78, 5) is 23.3. The summed E-state index contributed by atoms with van der Waals surface area (Å²) >= 11 is 5.96. The van der Waals surface area contributed by atoms with Crippen molar-refractivity contribution < 1.29 is 14.7 Å². The maximum Gasteiger partial charge on any atom is 0.306 e. The van der Waals surface area contributed by atoms with Crippen molar-refractivity contribution in [3.05, 3.63) is 47.2 Å². The van der Waals surface area contributed by atoms with Gasteiger partial charge in [0.05, 0.1) is 23.4 Å². The molecule has 0 radical (unpaired) electrons. The highest BCUT2D eigenvalue weighted by Gasteiger charge is 2.27. The Morgan fingerprint density at radius 1 is 1.25 bits per heavy atom. The van der Waals surface area contributed by atoms with Crippen LogP contribution in [-0.4, -0.2) is 32.8 Å². The first-order chi connectivity index (χ1) is 11.5. The number of hydrogen-bond acceptors (Lipinski definition) is 3. The quantitative estimate of drug-likeness (QED) is 0.890. The highest BCUT2D eigenvalue weighted by atomic mass is 35.5. The molecule has 0 aliphatic heterocycles. The molecule has 1 aromatic carbocycles. The topological polar surface area (TPSA) is 84.2 Å². The maximum absolute atomic E-state index is 12.3. The lowest BCUT2D eigenvalue weighted by atomic mass is 9.86. The number of rotatable bonds is 4. The summed E-state index contributed by atoms with van der Waals surface area (Å²) < 4.78 is 1.60. The summed E-state index contributed by atoms with van der Waals surface area (Å²) in [5.41, 5.74) is 1.25. The second-order valence-corrected chi connectivity index (χ2v) is 6.45. The van der Waals surface area contributed by atoms with Crippen molar-refractivity contribution in [3.8, 4) is 5.69 Å². The number of aliphatic carboxylic acids is 1. The normalized spacial score (nSPS) is 20.5. The average Bonchev–Trinajstić information content (AvgIpc) is 3.05. The Hall–Kier alpha value is -2.34. The number of nitrogens with zero attached hydrogens (tertiary/aromatic N) is 2. The highest BCUT2D eigenvalue weighted by molar-refractivity contribution is 6.30. The number of carboxylic acid groups (broad SMARTS) is 1. The number of nitrogens with one attached hydrogen (secondary N) is 1. The molecule has 1 aliphatic carbocycles. The highest BCUT2D eigenvalue weighted by Crippen LogP contribution is 2.24. The monoisotopic (exact) mass is 347 g/mol. The minimum Gasteiger partial charge on any atom is -0.481 e. The molecular formula is C17H18ClN3O3. The van der Waals surface area contributed by atoms with E-state index in [1.807, 2.05) is 12.1 Å². The van der Waals surface area contributed by atoms with Crippen LogP contribution in [0.15, 0.2) is 36.7 Å². The Bertz CT molecular complexity index is 751. The summed E-state index contributed by atoms with van der Waals surface area (Å²) in [6.45, 7) is 0. The first kappa shape index (κ1) is 16.5. The Kier molecular flexibility index (Phi) is 4.85. The first-order valence-electron chi connectivity index (χ1n) is 7.87. The van der Waals surface area contributed by atoms with Gasteiger partial charge >= 0.3 is 5.97 Å². The van der Waals surface area contributed by atoms with Gasteiger partial charge in [0.15, 0.2) is 0 Å². The lowest BCUT2D eigenvalue weighted by Gasteiger charge is -2.26. The fraction of sp³-hybridized carbons (Fsp3) is 0.353. The van der Waals surface area contributed by atoms with Crippen molar-refractivity contribution in [2.75, 3.05) is 0 Å². The van der Waals surface area contributed by atoms with E-state index in [2.05, 4.69) is 10.4 Å². The van der Waals surface area contributed by atoms with Crippen molar-refractivity contribution in [1.82, 2.24) is 15.1 Å². The maximum atomic E-state index is 12.3. The molecule has 2 N–H and O–H groups in total. The van der Waals surface area contributed by atoms with E-state index < -0.39 is 5.97 Å². The Labute approximate surface area is 144 Å². The number of halogens is 1. The summed E-state index contributed by atoms with van der Waals surface area (Å²) in [6, 6.07) is 7.23. The van der Waals surface area contributed by atoms with Crippen LogP contribution in [0.3, 0.4) is 0 Å². The average molecular weight is 348 g/mol. The fourth-order valence-electron chi connectivity index (χ4n) is 2.95. The van der Waals surface area contributed by atoms with Crippen molar-refractivity contribution >= 4 is 23.5 Å². The van der Waals surface area contributed by atoms with Crippen LogP contribution in [0.5, 0.6) is 0 Å². The third kappa shape index (κ3) is 3.76. The lowest BCUT2D eigenvalue weighted by molar-refractivity contribution is -0.142. The Balaban J connectivity index is 1.61. The van der Waals surface area contributed by atoms with E-state index in [0.29, 0.717) is 36.3 Å². The number of amides is 1. The van der Waals surface area contributed by atoms with Crippen molar-refractivity contribution in [1.29, 1.82) is 0 Å². The summed E-state index contributed by atoms with van der Waals surface area (Å²) in [6.07, 6.45) is 5.74. The molecule has 6 nitrogen and oxygen atoms in total. The van der Waals surface area contributed by atoms with E-state index in [0.717, 1.165) is 5.69 Å². The molecule has 1 saturated carbocycles. The van der Waals surface area contributed by atoms with Crippen LogP contribution in [0, 0.1) is 5.92 Å². The van der Waals surface area contributed by atoms with E-state index in [9.17, 15) is 9.59 Å². The molecular weight excluding hydrogens is 330 g/mol. The van der Waals surface area contributed by atoms with Gasteiger partial charge in [-0.25, -0.2) is 4.68 Å². The second-order valence-electron chi connectivity index (χ2n) is 6.01. The molecule has 24 heavy (non-hydrogen) atoms. The van der Waals surface area contributed by atoms with Gasteiger partial charge in [-0.15, -0.1) is 0 Å². The predicted molar refractivity (Wildman–Crippen MR) is 89.4 cm³/mol. The van der Waals surface area contributed by atoms with Gasteiger partial charge in [0.1, 0.15) is 0 Å². The summed E-state index contributed by atoms with van der Waals surface area (Å²) in [7, 11) is 0. The molecule has 0 unspecified atom stereocenters. The van der Waals surface area contributed by atoms with E-state index >= 15 is 0 Å². The zero-order valence-corrected chi connectivity index (χ0v) is 13.7. The summed E-state index contributed by atoms with van der Waals surface area (Å²) in [5.74, 6) is -1.23. The van der Waals surface area contributed by atoms with Gasteiger partial charge in [-0.2, -0.15) is 5.10 Å². The van der Waals surface area contributed by atoms with Crippen LogP contribution in [0.25, 0.3) is 5.69 Å².